The highest BCUT2D eigenvalue weighted by atomic mass is 35.5. The van der Waals surface area contributed by atoms with Crippen LogP contribution in [0.15, 0.2) is 23.1 Å². The summed E-state index contributed by atoms with van der Waals surface area (Å²) < 4.78 is 17.4. The van der Waals surface area contributed by atoms with Gasteiger partial charge in [0.2, 0.25) is 0 Å². The van der Waals surface area contributed by atoms with Gasteiger partial charge in [-0.3, -0.25) is 4.21 Å². The van der Waals surface area contributed by atoms with Crippen molar-refractivity contribution >= 4 is 28.1 Å². The lowest BCUT2D eigenvalue weighted by Crippen LogP contribution is -2.09. The normalized spacial score (nSPS) is 12.6. The van der Waals surface area contributed by atoms with Crippen LogP contribution in [-0.4, -0.2) is 23.2 Å². The Balaban J connectivity index is 2.47. The molecule has 3 nitrogen and oxygen atoms in total. The number of hydrogen-bond donors (Lipinski definition) is 1. The summed E-state index contributed by atoms with van der Waals surface area (Å²) >= 11 is 5.97. The first-order valence-corrected chi connectivity index (χ1v) is 7.36. The fourth-order valence-electron chi connectivity index (χ4n) is 1.35. The van der Waals surface area contributed by atoms with Crippen LogP contribution in [0, 0.1) is 0 Å². The average Bonchev–Trinajstić information content (AvgIpc) is 2.28. The predicted molar refractivity (Wildman–Crippen MR) is 72.9 cm³/mol. The second-order valence-electron chi connectivity index (χ2n) is 3.67. The molecule has 0 aliphatic heterocycles. The van der Waals surface area contributed by atoms with Gasteiger partial charge < -0.3 is 10.5 Å². The number of anilines is 1. The van der Waals surface area contributed by atoms with Crippen molar-refractivity contribution in [3.8, 4) is 0 Å². The van der Waals surface area contributed by atoms with Crippen molar-refractivity contribution in [2.45, 2.75) is 24.7 Å². The van der Waals surface area contributed by atoms with Crippen molar-refractivity contribution in [1.29, 1.82) is 0 Å². The molecule has 0 radical (unpaired) electrons. The molecule has 0 bridgehead atoms. The Hall–Kier alpha value is -0.580. The van der Waals surface area contributed by atoms with Gasteiger partial charge >= 0.3 is 0 Å². The minimum atomic E-state index is -1.19. The third kappa shape index (κ3) is 4.66. The quantitative estimate of drug-likeness (QED) is 0.615. The summed E-state index contributed by atoms with van der Waals surface area (Å²) in [6.07, 6.45) is 2.13. The van der Waals surface area contributed by atoms with Crippen LogP contribution in [0.2, 0.25) is 5.02 Å². The summed E-state index contributed by atoms with van der Waals surface area (Å²) in [6.45, 7) is 3.29. The van der Waals surface area contributed by atoms with Gasteiger partial charge in [0.05, 0.1) is 33.1 Å². The largest absolute Gasteiger partial charge is 0.398 e. The molecule has 0 amide bonds. The van der Waals surface area contributed by atoms with E-state index in [1.165, 1.54) is 0 Å². The van der Waals surface area contributed by atoms with E-state index in [2.05, 4.69) is 6.92 Å². The van der Waals surface area contributed by atoms with Crippen LogP contribution in [0.4, 0.5) is 5.69 Å². The van der Waals surface area contributed by atoms with Gasteiger partial charge in [-0.2, -0.15) is 0 Å². The van der Waals surface area contributed by atoms with E-state index < -0.39 is 10.8 Å². The van der Waals surface area contributed by atoms with E-state index in [0.29, 0.717) is 34.6 Å². The molecule has 17 heavy (non-hydrogen) atoms. The maximum Gasteiger partial charge on any atom is 0.0804 e. The lowest BCUT2D eigenvalue weighted by Gasteiger charge is -2.08. The number of nitrogens with two attached hydrogens (primary N) is 1. The van der Waals surface area contributed by atoms with E-state index in [4.69, 9.17) is 22.1 Å². The maximum atomic E-state index is 12.0. The Morgan fingerprint density at radius 1 is 1.41 bits per heavy atom. The van der Waals surface area contributed by atoms with E-state index in [-0.39, 0.29) is 0 Å². The van der Waals surface area contributed by atoms with Gasteiger partial charge in [-0.05, 0) is 18.6 Å². The predicted octanol–water partition coefficient (Wildman–Crippen LogP) is 2.85. The second kappa shape index (κ2) is 7.69. The van der Waals surface area contributed by atoms with Crippen molar-refractivity contribution in [1.82, 2.24) is 0 Å². The van der Waals surface area contributed by atoms with Crippen molar-refractivity contribution in [3.63, 3.8) is 0 Å². The molecule has 0 aliphatic carbocycles. The van der Waals surface area contributed by atoms with Crippen molar-refractivity contribution in [3.05, 3.63) is 23.2 Å². The number of nitrogen functional groups attached to an aromatic ring is 1. The fourth-order valence-corrected chi connectivity index (χ4v) is 2.88. The maximum absolute atomic E-state index is 12.0. The standard InChI is InChI=1S/C12H18ClNO2S/c1-2-3-7-16-8-9-17(15)12-10(13)5-4-6-11(12)14/h4-6H,2-3,7-9,14H2,1H3. The molecule has 0 aliphatic rings. The highest BCUT2D eigenvalue weighted by Crippen LogP contribution is 2.25. The minimum absolute atomic E-state index is 0.428. The summed E-state index contributed by atoms with van der Waals surface area (Å²) in [4.78, 5) is 0.522. The van der Waals surface area contributed by atoms with Crippen LogP contribution in [-0.2, 0) is 15.5 Å². The highest BCUT2D eigenvalue weighted by molar-refractivity contribution is 7.85. The molecule has 5 heteroatoms. The van der Waals surface area contributed by atoms with E-state index in [1.54, 1.807) is 18.2 Å². The first kappa shape index (κ1) is 14.5. The summed E-state index contributed by atoms with van der Waals surface area (Å²) in [5.41, 5.74) is 6.23. The molecule has 1 rings (SSSR count). The van der Waals surface area contributed by atoms with Gasteiger partial charge in [0.15, 0.2) is 0 Å². The molecule has 1 aromatic carbocycles. The number of ether oxygens (including phenoxy) is 1. The first-order valence-electron chi connectivity index (χ1n) is 5.67. The second-order valence-corrected chi connectivity index (χ2v) is 5.59. The summed E-state index contributed by atoms with van der Waals surface area (Å²) in [6, 6.07) is 5.15. The summed E-state index contributed by atoms with van der Waals surface area (Å²) in [5.74, 6) is 0.428. The Labute approximate surface area is 110 Å². The lowest BCUT2D eigenvalue weighted by atomic mass is 10.3. The third-order valence-electron chi connectivity index (χ3n) is 2.28. The van der Waals surface area contributed by atoms with Gasteiger partial charge in [0.25, 0.3) is 0 Å². The van der Waals surface area contributed by atoms with Gasteiger partial charge in [-0.15, -0.1) is 0 Å². The first-order chi connectivity index (χ1) is 8.16. The third-order valence-corrected chi connectivity index (χ3v) is 4.16. The average molecular weight is 276 g/mol. The summed E-state index contributed by atoms with van der Waals surface area (Å²) in [7, 11) is -1.19. The number of benzene rings is 1. The smallest absolute Gasteiger partial charge is 0.0804 e. The topological polar surface area (TPSA) is 52.3 Å². The van der Waals surface area contributed by atoms with E-state index >= 15 is 0 Å². The van der Waals surface area contributed by atoms with E-state index in [9.17, 15) is 4.21 Å². The molecule has 1 aromatic rings. The van der Waals surface area contributed by atoms with Crippen LogP contribution in [0.1, 0.15) is 19.8 Å². The number of hydrogen-bond acceptors (Lipinski definition) is 3. The number of unbranched alkanes of at least 4 members (excludes halogenated alkanes) is 1. The lowest BCUT2D eigenvalue weighted by molar-refractivity contribution is 0.146. The van der Waals surface area contributed by atoms with Crippen molar-refractivity contribution < 1.29 is 8.95 Å². The van der Waals surface area contributed by atoms with Crippen LogP contribution < -0.4 is 5.73 Å². The zero-order valence-electron chi connectivity index (χ0n) is 9.95. The monoisotopic (exact) mass is 275 g/mol. The molecule has 96 valence electrons. The molecular weight excluding hydrogens is 258 g/mol. The molecule has 1 atom stereocenters. The van der Waals surface area contributed by atoms with Gasteiger partial charge in [0.1, 0.15) is 0 Å². The number of rotatable bonds is 7. The van der Waals surface area contributed by atoms with Gasteiger partial charge in [0, 0.05) is 12.3 Å². The zero-order chi connectivity index (χ0) is 12.7. The molecule has 0 spiro atoms. The fraction of sp³-hybridized carbons (Fsp3) is 0.500. The highest BCUT2D eigenvalue weighted by Gasteiger charge is 2.11. The van der Waals surface area contributed by atoms with Gasteiger partial charge in [-0.25, -0.2) is 0 Å². The molecule has 0 fully saturated rings. The van der Waals surface area contributed by atoms with Crippen molar-refractivity contribution in [2.24, 2.45) is 0 Å². The Bertz CT molecular complexity index is 365. The molecule has 0 saturated carbocycles. The molecule has 2 N–H and O–H groups in total. The minimum Gasteiger partial charge on any atom is -0.398 e. The number of halogens is 1. The molecule has 1 unspecified atom stereocenters. The molecule has 0 aromatic heterocycles. The van der Waals surface area contributed by atoms with Crippen LogP contribution in [0.25, 0.3) is 0 Å². The molecule has 0 heterocycles. The van der Waals surface area contributed by atoms with Crippen molar-refractivity contribution in [2.75, 3.05) is 24.7 Å². The van der Waals surface area contributed by atoms with Crippen LogP contribution in [0.3, 0.4) is 0 Å². The molecular formula is C12H18ClNO2S. The van der Waals surface area contributed by atoms with Gasteiger partial charge in [-0.1, -0.05) is 31.0 Å². The molecule has 0 saturated heterocycles. The zero-order valence-corrected chi connectivity index (χ0v) is 11.5. The SMILES string of the molecule is CCCCOCCS(=O)c1c(N)cccc1Cl. The van der Waals surface area contributed by atoms with Crippen LogP contribution >= 0.6 is 11.6 Å². The Kier molecular flexibility index (Phi) is 6.55. The Morgan fingerprint density at radius 2 is 2.18 bits per heavy atom. The van der Waals surface area contributed by atoms with E-state index in [1.807, 2.05) is 0 Å². The van der Waals surface area contributed by atoms with Crippen LogP contribution in [0.5, 0.6) is 0 Å². The Morgan fingerprint density at radius 3 is 2.82 bits per heavy atom. The summed E-state index contributed by atoms with van der Waals surface area (Å²) in [5, 5.41) is 0.455. The van der Waals surface area contributed by atoms with E-state index in [0.717, 1.165) is 12.8 Å².